The van der Waals surface area contributed by atoms with Crippen LogP contribution >= 0.6 is 0 Å². The molecule has 2 aliphatic heterocycles. The summed E-state index contributed by atoms with van der Waals surface area (Å²) in [5, 5.41) is 2.65. The normalized spacial score (nSPS) is 18.2. The van der Waals surface area contributed by atoms with Crippen LogP contribution in [0.2, 0.25) is 0 Å². The molecule has 0 saturated carbocycles. The number of rotatable bonds is 7. The van der Waals surface area contributed by atoms with Crippen LogP contribution < -0.4 is 15.1 Å². The lowest BCUT2D eigenvalue weighted by Crippen LogP contribution is -2.48. The Labute approximate surface area is 216 Å². The smallest absolute Gasteiger partial charge is 0.414 e. The molecule has 2 aliphatic rings. The molecule has 2 fully saturated rings. The summed E-state index contributed by atoms with van der Waals surface area (Å²) in [7, 11) is 0. The maximum atomic E-state index is 15.3. The number of hydrogen-bond donors (Lipinski definition) is 1. The van der Waals surface area contributed by atoms with Crippen LogP contribution in [0.1, 0.15) is 24.1 Å². The summed E-state index contributed by atoms with van der Waals surface area (Å²) in [5.41, 5.74) is 3.46. The van der Waals surface area contributed by atoms with Crippen molar-refractivity contribution in [3.63, 3.8) is 0 Å². The third-order valence-electron chi connectivity index (χ3n) is 6.95. The molecule has 192 valence electrons. The zero-order chi connectivity index (χ0) is 25.8. The van der Waals surface area contributed by atoms with Crippen LogP contribution in [0.15, 0.2) is 78.9 Å². The van der Waals surface area contributed by atoms with Crippen LogP contribution in [0.5, 0.6) is 0 Å². The van der Waals surface area contributed by atoms with Crippen molar-refractivity contribution in [2.24, 2.45) is 0 Å². The minimum atomic E-state index is -0.538. The maximum Gasteiger partial charge on any atom is 0.414 e. The molecule has 3 aromatic rings. The van der Waals surface area contributed by atoms with Gasteiger partial charge in [-0.05, 0) is 29.3 Å². The number of anilines is 2. The Morgan fingerprint density at radius 2 is 1.59 bits per heavy atom. The molecule has 3 aromatic carbocycles. The average molecular weight is 503 g/mol. The molecule has 5 rings (SSSR count). The number of cyclic esters (lactones) is 1. The summed E-state index contributed by atoms with van der Waals surface area (Å²) in [4.78, 5) is 29.4. The van der Waals surface area contributed by atoms with Crippen LogP contribution in [0, 0.1) is 5.82 Å². The summed E-state index contributed by atoms with van der Waals surface area (Å²) >= 11 is 0. The summed E-state index contributed by atoms with van der Waals surface area (Å²) in [5.74, 6) is -0.560. The molecule has 1 N–H and O–H groups in total. The number of piperazine rings is 1. The molecule has 7 nitrogen and oxygen atoms in total. The van der Waals surface area contributed by atoms with Gasteiger partial charge in [-0.1, -0.05) is 60.7 Å². The van der Waals surface area contributed by atoms with Gasteiger partial charge in [-0.25, -0.2) is 9.18 Å². The molecule has 8 heteroatoms. The van der Waals surface area contributed by atoms with Gasteiger partial charge in [0.15, 0.2) is 0 Å². The Balaban J connectivity index is 1.26. The summed E-state index contributed by atoms with van der Waals surface area (Å²) in [6.45, 7) is 4.87. The Morgan fingerprint density at radius 1 is 0.973 bits per heavy atom. The van der Waals surface area contributed by atoms with Crippen molar-refractivity contribution in [2.45, 2.75) is 19.1 Å². The van der Waals surface area contributed by atoms with E-state index in [9.17, 15) is 9.59 Å². The van der Waals surface area contributed by atoms with Crippen molar-refractivity contribution < 1.29 is 18.7 Å². The monoisotopic (exact) mass is 502 g/mol. The largest absolute Gasteiger partial charge is 0.442 e. The molecular weight excluding hydrogens is 471 g/mol. The van der Waals surface area contributed by atoms with Crippen molar-refractivity contribution >= 4 is 23.4 Å². The third kappa shape index (κ3) is 5.59. The Morgan fingerprint density at radius 3 is 2.16 bits per heavy atom. The first-order valence-corrected chi connectivity index (χ1v) is 12.6. The van der Waals surface area contributed by atoms with E-state index in [1.165, 1.54) is 29.0 Å². The summed E-state index contributed by atoms with van der Waals surface area (Å²) in [6.07, 6.45) is -1.00. The minimum Gasteiger partial charge on any atom is -0.442 e. The Hall–Kier alpha value is -3.91. The molecule has 0 unspecified atom stereocenters. The molecule has 0 aromatic heterocycles. The van der Waals surface area contributed by atoms with Crippen LogP contribution in [-0.2, 0) is 9.53 Å². The van der Waals surface area contributed by atoms with Gasteiger partial charge in [-0.15, -0.1) is 0 Å². The van der Waals surface area contributed by atoms with Crippen LogP contribution in [0.4, 0.5) is 20.6 Å². The van der Waals surface area contributed by atoms with Crippen molar-refractivity contribution in [1.82, 2.24) is 10.2 Å². The number of amides is 2. The number of ether oxygens (including phenoxy) is 1. The van der Waals surface area contributed by atoms with Crippen molar-refractivity contribution in [1.29, 1.82) is 0 Å². The topological polar surface area (TPSA) is 65.1 Å². The molecule has 0 aliphatic carbocycles. The van der Waals surface area contributed by atoms with Gasteiger partial charge < -0.3 is 15.0 Å². The first kappa shape index (κ1) is 24.8. The molecule has 2 heterocycles. The second-order valence-corrected chi connectivity index (χ2v) is 9.44. The quantitative estimate of drug-likeness (QED) is 0.525. The van der Waals surface area contributed by atoms with Gasteiger partial charge in [0.2, 0.25) is 5.91 Å². The van der Waals surface area contributed by atoms with E-state index >= 15 is 4.39 Å². The van der Waals surface area contributed by atoms with Crippen LogP contribution in [0.3, 0.4) is 0 Å². The molecule has 2 amide bonds. The van der Waals surface area contributed by atoms with Crippen molar-refractivity contribution in [2.75, 3.05) is 49.1 Å². The number of benzene rings is 3. The number of nitrogens with one attached hydrogen (secondary N) is 1. The van der Waals surface area contributed by atoms with Crippen molar-refractivity contribution in [3.05, 3.63) is 95.8 Å². The fraction of sp³-hybridized carbons (Fsp3) is 0.310. The maximum absolute atomic E-state index is 15.3. The van der Waals surface area contributed by atoms with E-state index in [0.29, 0.717) is 24.5 Å². The SMILES string of the molecule is CC(=O)NC[C@H]1CN(c2ccc(N3CCN(C(c4ccccc4)c4ccccc4)CC3)c(F)c2)C(=O)O1. The summed E-state index contributed by atoms with van der Waals surface area (Å²) < 4.78 is 20.6. The van der Waals surface area contributed by atoms with E-state index in [0.717, 1.165) is 13.1 Å². The molecule has 0 bridgehead atoms. The molecule has 0 spiro atoms. The number of halogens is 1. The molecular formula is C29H31FN4O3. The van der Waals surface area contributed by atoms with Crippen LogP contribution in [-0.4, -0.2) is 62.3 Å². The second kappa shape index (κ2) is 11.0. The lowest BCUT2D eigenvalue weighted by atomic mass is 9.96. The number of carbonyl (C=O) groups is 2. The van der Waals surface area contributed by atoms with E-state index < -0.39 is 12.2 Å². The number of hydrogen-bond acceptors (Lipinski definition) is 5. The zero-order valence-electron chi connectivity index (χ0n) is 20.8. The number of nitrogens with zero attached hydrogens (tertiary/aromatic N) is 3. The van der Waals surface area contributed by atoms with Gasteiger partial charge in [0.1, 0.15) is 11.9 Å². The van der Waals surface area contributed by atoms with E-state index in [-0.39, 0.29) is 30.9 Å². The second-order valence-electron chi connectivity index (χ2n) is 9.44. The van der Waals surface area contributed by atoms with E-state index in [2.05, 4.69) is 63.6 Å². The highest BCUT2D eigenvalue weighted by molar-refractivity contribution is 5.90. The lowest BCUT2D eigenvalue weighted by Gasteiger charge is -2.40. The molecule has 1 atom stereocenters. The number of carbonyl (C=O) groups excluding carboxylic acids is 2. The predicted octanol–water partition coefficient (Wildman–Crippen LogP) is 4.20. The van der Waals surface area contributed by atoms with Gasteiger partial charge in [0, 0.05) is 33.1 Å². The van der Waals surface area contributed by atoms with Gasteiger partial charge in [-0.2, -0.15) is 0 Å². The fourth-order valence-corrected chi connectivity index (χ4v) is 5.12. The fourth-order valence-electron chi connectivity index (χ4n) is 5.12. The van der Waals surface area contributed by atoms with Crippen molar-refractivity contribution in [3.8, 4) is 0 Å². The Bertz CT molecular complexity index is 1190. The van der Waals surface area contributed by atoms with E-state index in [1.807, 2.05) is 12.1 Å². The standard InChI is InChI=1S/C29H31FN4O3/c1-21(35)31-19-25-20-34(29(36)37-25)24-12-13-27(26(30)18-24)32-14-16-33(17-15-32)28(22-8-4-2-5-9-22)23-10-6-3-7-11-23/h2-13,18,25,28H,14-17,19-20H2,1H3,(H,31,35)/t25-/m0/s1. The third-order valence-corrected chi connectivity index (χ3v) is 6.95. The van der Waals surface area contributed by atoms with Gasteiger partial charge in [0.05, 0.1) is 30.5 Å². The zero-order valence-corrected chi connectivity index (χ0v) is 20.8. The average Bonchev–Trinajstić information content (AvgIpc) is 3.30. The lowest BCUT2D eigenvalue weighted by molar-refractivity contribution is -0.119. The predicted molar refractivity (Wildman–Crippen MR) is 141 cm³/mol. The molecule has 37 heavy (non-hydrogen) atoms. The minimum absolute atomic E-state index is 0.142. The molecule has 0 radical (unpaired) electrons. The first-order chi connectivity index (χ1) is 18.0. The van der Waals surface area contributed by atoms with E-state index in [4.69, 9.17) is 4.74 Å². The highest BCUT2D eigenvalue weighted by Gasteiger charge is 2.33. The summed E-state index contributed by atoms with van der Waals surface area (Å²) in [6, 6.07) is 26.0. The highest BCUT2D eigenvalue weighted by atomic mass is 19.1. The molecule has 2 saturated heterocycles. The van der Waals surface area contributed by atoms with Gasteiger partial charge in [0.25, 0.3) is 0 Å². The van der Waals surface area contributed by atoms with Gasteiger partial charge >= 0.3 is 6.09 Å². The first-order valence-electron chi connectivity index (χ1n) is 12.6. The van der Waals surface area contributed by atoms with Gasteiger partial charge in [-0.3, -0.25) is 14.6 Å². The highest BCUT2D eigenvalue weighted by Crippen LogP contribution is 2.32. The van der Waals surface area contributed by atoms with E-state index in [1.54, 1.807) is 12.1 Å². The Kier molecular flexibility index (Phi) is 7.37. The van der Waals surface area contributed by atoms with Crippen LogP contribution in [0.25, 0.3) is 0 Å².